The van der Waals surface area contributed by atoms with E-state index in [0.717, 1.165) is 18.5 Å². The highest BCUT2D eigenvalue weighted by atomic mass is 19.4. The van der Waals surface area contributed by atoms with Crippen LogP contribution in [0.2, 0.25) is 0 Å². The second-order valence-corrected chi connectivity index (χ2v) is 5.36. The highest BCUT2D eigenvalue weighted by Crippen LogP contribution is 2.36. The van der Waals surface area contributed by atoms with Gasteiger partial charge in [-0.15, -0.1) is 0 Å². The molecule has 0 spiro atoms. The van der Waals surface area contributed by atoms with Gasteiger partial charge in [0, 0.05) is 5.56 Å². The molecule has 112 valence electrons. The van der Waals surface area contributed by atoms with Gasteiger partial charge in [0.25, 0.3) is 0 Å². The first kappa shape index (κ1) is 14.1. The number of nitrogens with one attached hydrogen (secondary N) is 2. The third-order valence-corrected chi connectivity index (χ3v) is 3.57. The number of nitrogens with zero attached hydrogens (tertiary/aromatic N) is 1. The molecular weight excluding hydrogens is 279 g/mol. The zero-order valence-electron chi connectivity index (χ0n) is 11.4. The molecule has 2 aromatic rings. The monoisotopic (exact) mass is 295 g/mol. The van der Waals surface area contributed by atoms with Gasteiger partial charge in [-0.1, -0.05) is 18.2 Å². The molecule has 0 aliphatic heterocycles. The largest absolute Gasteiger partial charge is 0.417 e. The average Bonchev–Trinajstić information content (AvgIpc) is 3.14. The van der Waals surface area contributed by atoms with Gasteiger partial charge in [-0.3, -0.25) is 0 Å². The summed E-state index contributed by atoms with van der Waals surface area (Å²) >= 11 is 0. The highest BCUT2D eigenvalue weighted by molar-refractivity contribution is 5.64. The third-order valence-electron chi connectivity index (χ3n) is 3.57. The number of alkyl halides is 3. The van der Waals surface area contributed by atoms with Crippen LogP contribution in [0.15, 0.2) is 30.5 Å². The molecule has 1 aromatic carbocycles. The van der Waals surface area contributed by atoms with Gasteiger partial charge in [-0.2, -0.15) is 13.2 Å². The quantitative estimate of drug-likeness (QED) is 0.885. The molecule has 0 atom stereocenters. The Morgan fingerprint density at radius 1 is 1.24 bits per heavy atom. The Balaban J connectivity index is 1.76. The Bertz CT molecular complexity index is 615. The smallest absolute Gasteiger partial charge is 0.341 e. The molecule has 1 aliphatic carbocycles. The van der Waals surface area contributed by atoms with Crippen LogP contribution in [-0.4, -0.2) is 16.5 Å². The maximum Gasteiger partial charge on any atom is 0.417 e. The van der Waals surface area contributed by atoms with Gasteiger partial charge in [0.2, 0.25) is 0 Å². The van der Waals surface area contributed by atoms with E-state index in [1.165, 1.54) is 31.2 Å². The summed E-state index contributed by atoms with van der Waals surface area (Å²) in [7, 11) is 0. The Morgan fingerprint density at radius 3 is 2.71 bits per heavy atom. The minimum atomic E-state index is -4.37. The molecule has 3 rings (SSSR count). The lowest BCUT2D eigenvalue weighted by atomic mass is 10.1. The van der Waals surface area contributed by atoms with Crippen molar-refractivity contribution in [1.29, 1.82) is 0 Å². The summed E-state index contributed by atoms with van der Waals surface area (Å²) in [6.45, 7) is 1.49. The average molecular weight is 295 g/mol. The molecule has 1 aliphatic rings. The first-order chi connectivity index (χ1) is 10.0. The van der Waals surface area contributed by atoms with E-state index in [1.54, 1.807) is 6.07 Å². The molecule has 1 fully saturated rings. The van der Waals surface area contributed by atoms with Crippen molar-refractivity contribution in [3.63, 3.8) is 0 Å². The van der Waals surface area contributed by atoms with Crippen molar-refractivity contribution < 1.29 is 13.2 Å². The topological polar surface area (TPSA) is 40.7 Å². The van der Waals surface area contributed by atoms with E-state index in [0.29, 0.717) is 18.1 Å². The van der Waals surface area contributed by atoms with Gasteiger partial charge in [-0.25, -0.2) is 4.98 Å². The maximum atomic E-state index is 13.0. The summed E-state index contributed by atoms with van der Waals surface area (Å²) in [4.78, 5) is 7.11. The fourth-order valence-corrected chi connectivity index (χ4v) is 2.27. The van der Waals surface area contributed by atoms with E-state index in [4.69, 9.17) is 0 Å². The number of imidazole rings is 1. The van der Waals surface area contributed by atoms with Crippen molar-refractivity contribution in [2.45, 2.75) is 25.6 Å². The van der Waals surface area contributed by atoms with Gasteiger partial charge >= 0.3 is 6.18 Å². The predicted molar refractivity (Wildman–Crippen MR) is 73.5 cm³/mol. The third kappa shape index (κ3) is 3.44. The number of aromatic amines is 1. The molecule has 3 nitrogen and oxygen atoms in total. The molecule has 0 unspecified atom stereocenters. The Labute approximate surface area is 120 Å². The standard InChI is InChI=1S/C15H16F3N3/c16-15(17,18)12-4-2-1-3-11(12)13-8-20-14(21-13)9-19-7-10-5-6-10/h1-4,8,10,19H,5-7,9H2,(H,20,21). The zero-order valence-corrected chi connectivity index (χ0v) is 11.4. The van der Waals surface area contributed by atoms with Crippen LogP contribution >= 0.6 is 0 Å². The van der Waals surface area contributed by atoms with E-state index in [2.05, 4.69) is 15.3 Å². The van der Waals surface area contributed by atoms with Crippen molar-refractivity contribution in [2.75, 3.05) is 6.54 Å². The van der Waals surface area contributed by atoms with Crippen LogP contribution in [-0.2, 0) is 12.7 Å². The fraction of sp³-hybridized carbons (Fsp3) is 0.400. The molecule has 1 aromatic heterocycles. The first-order valence-electron chi connectivity index (χ1n) is 6.95. The number of hydrogen-bond donors (Lipinski definition) is 2. The maximum absolute atomic E-state index is 13.0. The second kappa shape index (κ2) is 5.52. The van der Waals surface area contributed by atoms with Crippen LogP contribution in [0.25, 0.3) is 11.3 Å². The van der Waals surface area contributed by atoms with Crippen LogP contribution in [0.1, 0.15) is 24.2 Å². The number of halogens is 3. The number of aromatic nitrogens is 2. The molecule has 0 amide bonds. The number of H-pyrrole nitrogens is 1. The van der Waals surface area contributed by atoms with Crippen molar-refractivity contribution in [2.24, 2.45) is 5.92 Å². The highest BCUT2D eigenvalue weighted by Gasteiger charge is 2.33. The molecule has 2 N–H and O–H groups in total. The lowest BCUT2D eigenvalue weighted by Crippen LogP contribution is -2.16. The minimum absolute atomic E-state index is 0.131. The fourth-order valence-electron chi connectivity index (χ4n) is 2.27. The number of hydrogen-bond acceptors (Lipinski definition) is 2. The van der Waals surface area contributed by atoms with Crippen molar-refractivity contribution in [3.8, 4) is 11.3 Å². The molecule has 21 heavy (non-hydrogen) atoms. The number of rotatable bonds is 5. The molecule has 1 saturated carbocycles. The van der Waals surface area contributed by atoms with Crippen molar-refractivity contribution in [3.05, 3.63) is 41.9 Å². The van der Waals surface area contributed by atoms with Gasteiger partial charge < -0.3 is 10.3 Å². The molecular formula is C15H16F3N3. The summed E-state index contributed by atoms with van der Waals surface area (Å²) in [6, 6.07) is 5.52. The Hall–Kier alpha value is -1.82. The second-order valence-electron chi connectivity index (χ2n) is 5.36. The zero-order chi connectivity index (χ0) is 14.9. The van der Waals surface area contributed by atoms with Gasteiger partial charge in [-0.05, 0) is 31.4 Å². The van der Waals surface area contributed by atoms with Crippen molar-refractivity contribution >= 4 is 0 Å². The molecule has 0 radical (unpaired) electrons. The summed E-state index contributed by atoms with van der Waals surface area (Å²) < 4.78 is 39.0. The van der Waals surface area contributed by atoms with E-state index in [9.17, 15) is 13.2 Å². The molecule has 1 heterocycles. The van der Waals surface area contributed by atoms with Crippen LogP contribution < -0.4 is 5.32 Å². The Morgan fingerprint density at radius 2 is 2.00 bits per heavy atom. The number of benzene rings is 1. The predicted octanol–water partition coefficient (Wildman–Crippen LogP) is 3.60. The lowest BCUT2D eigenvalue weighted by molar-refractivity contribution is -0.137. The normalized spacial score (nSPS) is 15.4. The SMILES string of the molecule is FC(F)(F)c1ccccc1-c1cnc(CNCC2CC2)[nH]1. The van der Waals surface area contributed by atoms with Crippen molar-refractivity contribution in [1.82, 2.24) is 15.3 Å². The van der Waals surface area contributed by atoms with Gasteiger partial charge in [0.15, 0.2) is 0 Å². The van der Waals surface area contributed by atoms with Crippen LogP contribution in [0.4, 0.5) is 13.2 Å². The van der Waals surface area contributed by atoms with Crippen LogP contribution in [0, 0.1) is 5.92 Å². The van der Waals surface area contributed by atoms with Crippen LogP contribution in [0.5, 0.6) is 0 Å². The summed E-state index contributed by atoms with van der Waals surface area (Å²) in [5.74, 6) is 1.41. The van der Waals surface area contributed by atoms with Crippen LogP contribution in [0.3, 0.4) is 0 Å². The molecule has 0 saturated heterocycles. The summed E-state index contributed by atoms with van der Waals surface area (Å²) in [6.07, 6.45) is -0.393. The van der Waals surface area contributed by atoms with E-state index in [1.807, 2.05) is 0 Å². The summed E-state index contributed by atoms with van der Waals surface area (Å²) in [5.41, 5.74) is -0.122. The van der Waals surface area contributed by atoms with Gasteiger partial charge in [0.1, 0.15) is 5.82 Å². The lowest BCUT2D eigenvalue weighted by Gasteiger charge is -2.11. The molecule has 0 bridgehead atoms. The Kier molecular flexibility index (Phi) is 3.71. The summed E-state index contributed by atoms with van der Waals surface area (Å²) in [5, 5.41) is 3.26. The van der Waals surface area contributed by atoms with E-state index < -0.39 is 11.7 Å². The molecule has 6 heteroatoms. The van der Waals surface area contributed by atoms with Gasteiger partial charge in [0.05, 0.1) is 24.0 Å². The minimum Gasteiger partial charge on any atom is -0.341 e. The van der Waals surface area contributed by atoms with E-state index >= 15 is 0 Å². The first-order valence-corrected chi connectivity index (χ1v) is 6.95. The van der Waals surface area contributed by atoms with E-state index in [-0.39, 0.29) is 5.56 Å².